The van der Waals surface area contributed by atoms with Gasteiger partial charge in [-0.2, -0.15) is 0 Å². The van der Waals surface area contributed by atoms with Gasteiger partial charge in [0.1, 0.15) is 6.10 Å². The van der Waals surface area contributed by atoms with Gasteiger partial charge in [-0.15, -0.1) is 0 Å². The van der Waals surface area contributed by atoms with Crippen LogP contribution in [0.25, 0.3) is 0 Å². The third kappa shape index (κ3) is 3.39. The number of methoxy groups -OCH3 is 3. The van der Waals surface area contributed by atoms with Gasteiger partial charge in [0.25, 0.3) is 0 Å². The summed E-state index contributed by atoms with van der Waals surface area (Å²) in [4.78, 5) is 10.8. The minimum absolute atomic E-state index is 0.321. The van der Waals surface area contributed by atoms with Crippen molar-refractivity contribution < 1.29 is 24.1 Å². The van der Waals surface area contributed by atoms with Crippen LogP contribution in [0.3, 0.4) is 0 Å². The molecule has 0 aliphatic rings. The minimum Gasteiger partial charge on any atom is -0.493 e. The highest BCUT2D eigenvalue weighted by Gasteiger charge is 2.19. The average Bonchev–Trinajstić information content (AvgIpc) is 2.42. The molecular weight excluding hydrogens is 248 g/mol. The van der Waals surface area contributed by atoms with Gasteiger partial charge in [-0.3, -0.25) is 4.79 Å². The minimum atomic E-state index is -1.14. The van der Waals surface area contributed by atoms with Crippen LogP contribution in [-0.2, 0) is 4.79 Å². The summed E-state index contributed by atoms with van der Waals surface area (Å²) in [5.41, 5.74) is 0.411. The van der Waals surface area contributed by atoms with Crippen LogP contribution >= 0.6 is 0 Å². The summed E-state index contributed by atoms with van der Waals surface area (Å²) in [6.45, 7) is 1.32. The number of carbonyl (C=O) groups is 1. The number of benzene rings is 1. The molecule has 0 saturated carbocycles. The highest BCUT2D eigenvalue weighted by Crippen LogP contribution is 2.41. The third-order valence-electron chi connectivity index (χ3n) is 2.41. The summed E-state index contributed by atoms with van der Waals surface area (Å²) in [6, 6.07) is 3.25. The molecule has 0 fully saturated rings. The predicted octanol–water partition coefficient (Wildman–Crippen LogP) is 1.34. The molecular formula is C14H16O5. The van der Waals surface area contributed by atoms with E-state index in [1.54, 1.807) is 12.1 Å². The molecule has 1 aromatic rings. The Hall–Kier alpha value is -2.19. The zero-order chi connectivity index (χ0) is 14.4. The van der Waals surface area contributed by atoms with Crippen molar-refractivity contribution in [2.45, 2.75) is 13.0 Å². The monoisotopic (exact) mass is 264 g/mol. The van der Waals surface area contributed by atoms with E-state index in [-0.39, 0.29) is 5.78 Å². The Labute approximate surface area is 112 Å². The van der Waals surface area contributed by atoms with Crippen LogP contribution in [0.4, 0.5) is 0 Å². The highest BCUT2D eigenvalue weighted by atomic mass is 16.5. The lowest BCUT2D eigenvalue weighted by atomic mass is 10.1. The molecule has 1 atom stereocenters. The molecule has 0 heterocycles. The van der Waals surface area contributed by atoms with Crippen LogP contribution in [0.2, 0.25) is 0 Å². The second-order valence-electron chi connectivity index (χ2n) is 3.65. The number of carbonyl (C=O) groups excluding carboxylic acids is 1. The zero-order valence-corrected chi connectivity index (χ0v) is 11.3. The highest BCUT2D eigenvalue weighted by molar-refractivity contribution is 5.93. The SMILES string of the molecule is COc1ccc(C(O)C#CC(C)=O)c(OC)c1OC. The number of ether oxygens (including phenoxy) is 3. The van der Waals surface area contributed by atoms with Crippen molar-refractivity contribution in [3.8, 4) is 29.1 Å². The maximum absolute atomic E-state index is 10.8. The summed E-state index contributed by atoms with van der Waals surface area (Å²) in [5, 5.41) is 9.96. The molecule has 1 rings (SSSR count). The molecule has 0 aliphatic carbocycles. The van der Waals surface area contributed by atoms with Gasteiger partial charge in [0.15, 0.2) is 11.5 Å². The Kier molecular flexibility index (Phi) is 5.22. The largest absolute Gasteiger partial charge is 0.493 e. The number of ketones is 1. The zero-order valence-electron chi connectivity index (χ0n) is 11.3. The van der Waals surface area contributed by atoms with E-state index in [2.05, 4.69) is 11.8 Å². The van der Waals surface area contributed by atoms with E-state index in [1.807, 2.05) is 0 Å². The molecule has 0 radical (unpaired) electrons. The van der Waals surface area contributed by atoms with E-state index in [0.29, 0.717) is 22.8 Å². The van der Waals surface area contributed by atoms with Gasteiger partial charge < -0.3 is 19.3 Å². The van der Waals surface area contributed by atoms with Crippen LogP contribution < -0.4 is 14.2 Å². The fourth-order valence-electron chi connectivity index (χ4n) is 1.59. The first-order valence-electron chi connectivity index (χ1n) is 5.54. The number of hydrogen-bond acceptors (Lipinski definition) is 5. The molecule has 5 heteroatoms. The molecule has 0 amide bonds. The second-order valence-corrected chi connectivity index (χ2v) is 3.65. The van der Waals surface area contributed by atoms with Crippen LogP contribution in [0.5, 0.6) is 17.2 Å². The van der Waals surface area contributed by atoms with Crippen molar-refractivity contribution in [2.75, 3.05) is 21.3 Å². The molecule has 0 spiro atoms. The number of Topliss-reactive ketones (excluding diaryl/α,β-unsaturated/α-hetero) is 1. The van der Waals surface area contributed by atoms with Crippen molar-refractivity contribution in [2.24, 2.45) is 0 Å². The molecule has 5 nitrogen and oxygen atoms in total. The second kappa shape index (κ2) is 6.66. The molecule has 0 aromatic heterocycles. The van der Waals surface area contributed by atoms with Gasteiger partial charge in [-0.05, 0) is 18.1 Å². The predicted molar refractivity (Wildman–Crippen MR) is 69.5 cm³/mol. The lowest BCUT2D eigenvalue weighted by Crippen LogP contribution is -2.02. The van der Waals surface area contributed by atoms with E-state index in [4.69, 9.17) is 14.2 Å². The molecule has 1 aromatic carbocycles. The molecule has 1 N–H and O–H groups in total. The summed E-state index contributed by atoms with van der Waals surface area (Å²) < 4.78 is 15.6. The van der Waals surface area contributed by atoms with E-state index in [0.717, 1.165) is 0 Å². The molecule has 0 bridgehead atoms. The van der Waals surface area contributed by atoms with Gasteiger partial charge in [0, 0.05) is 12.5 Å². The van der Waals surface area contributed by atoms with Crippen molar-refractivity contribution in [3.05, 3.63) is 17.7 Å². The quantitative estimate of drug-likeness (QED) is 0.656. The standard InChI is InChI=1S/C14H16O5/c1-9(15)5-7-11(16)10-6-8-12(17-2)14(19-4)13(10)18-3/h6,8,11,16H,1-4H3. The van der Waals surface area contributed by atoms with Crippen LogP contribution in [0.15, 0.2) is 12.1 Å². The number of aliphatic hydroxyl groups is 1. The van der Waals surface area contributed by atoms with Crippen molar-refractivity contribution in [1.82, 2.24) is 0 Å². The molecule has 1 unspecified atom stereocenters. The number of rotatable bonds is 4. The summed E-state index contributed by atoms with van der Waals surface area (Å²) >= 11 is 0. The first-order chi connectivity index (χ1) is 9.04. The van der Waals surface area contributed by atoms with E-state index in [9.17, 15) is 9.90 Å². The summed E-state index contributed by atoms with van der Waals surface area (Å²) in [5.74, 6) is 5.59. The Morgan fingerprint density at radius 1 is 1.16 bits per heavy atom. The fourth-order valence-corrected chi connectivity index (χ4v) is 1.59. The lowest BCUT2D eigenvalue weighted by molar-refractivity contribution is -0.111. The number of aliphatic hydroxyl groups excluding tert-OH is 1. The first-order valence-corrected chi connectivity index (χ1v) is 5.54. The third-order valence-corrected chi connectivity index (χ3v) is 2.41. The van der Waals surface area contributed by atoms with E-state index in [1.165, 1.54) is 28.3 Å². The topological polar surface area (TPSA) is 65.0 Å². The lowest BCUT2D eigenvalue weighted by Gasteiger charge is -2.16. The van der Waals surface area contributed by atoms with E-state index >= 15 is 0 Å². The molecule has 0 aliphatic heterocycles. The Balaban J connectivity index is 3.29. The molecule has 19 heavy (non-hydrogen) atoms. The van der Waals surface area contributed by atoms with Gasteiger partial charge in [-0.1, -0.05) is 5.92 Å². The van der Waals surface area contributed by atoms with Crippen LogP contribution in [0, 0.1) is 11.8 Å². The van der Waals surface area contributed by atoms with Crippen molar-refractivity contribution in [3.63, 3.8) is 0 Å². The van der Waals surface area contributed by atoms with Crippen molar-refractivity contribution in [1.29, 1.82) is 0 Å². The maximum atomic E-state index is 10.8. The molecule has 102 valence electrons. The Morgan fingerprint density at radius 2 is 1.79 bits per heavy atom. The van der Waals surface area contributed by atoms with Crippen molar-refractivity contribution >= 4 is 5.78 Å². The maximum Gasteiger partial charge on any atom is 0.203 e. The van der Waals surface area contributed by atoms with Gasteiger partial charge >= 0.3 is 0 Å². The first kappa shape index (κ1) is 14.9. The average molecular weight is 264 g/mol. The van der Waals surface area contributed by atoms with Crippen LogP contribution in [0.1, 0.15) is 18.6 Å². The Morgan fingerprint density at radius 3 is 2.26 bits per heavy atom. The summed E-state index contributed by atoms with van der Waals surface area (Å²) in [7, 11) is 4.42. The Bertz CT molecular complexity index is 525. The van der Waals surface area contributed by atoms with E-state index < -0.39 is 6.10 Å². The summed E-state index contributed by atoms with van der Waals surface area (Å²) in [6.07, 6.45) is -1.14. The van der Waals surface area contributed by atoms with Crippen LogP contribution in [-0.4, -0.2) is 32.2 Å². The normalized spacial score (nSPS) is 11.0. The fraction of sp³-hybridized carbons (Fsp3) is 0.357. The number of hydrogen-bond donors (Lipinski definition) is 1. The van der Waals surface area contributed by atoms with Gasteiger partial charge in [0.2, 0.25) is 11.5 Å². The smallest absolute Gasteiger partial charge is 0.203 e. The van der Waals surface area contributed by atoms with Gasteiger partial charge in [-0.25, -0.2) is 0 Å². The molecule has 0 saturated heterocycles. The van der Waals surface area contributed by atoms with Gasteiger partial charge in [0.05, 0.1) is 21.3 Å².